The van der Waals surface area contributed by atoms with Gasteiger partial charge in [0.2, 0.25) is 6.41 Å². The third kappa shape index (κ3) is 5.92. The van der Waals surface area contributed by atoms with E-state index >= 15 is 0 Å². The van der Waals surface area contributed by atoms with Gasteiger partial charge in [-0.3, -0.25) is 9.59 Å². The van der Waals surface area contributed by atoms with Gasteiger partial charge in [0.05, 0.1) is 5.69 Å². The molecule has 6 nitrogen and oxygen atoms in total. The molecular formula is C26H25F3N4O2. The normalized spacial score (nSPS) is 14.5. The number of rotatable bonds is 9. The predicted octanol–water partition coefficient (Wildman–Crippen LogP) is 5.66. The summed E-state index contributed by atoms with van der Waals surface area (Å²) in [6.45, 7) is 7.83. The van der Waals surface area contributed by atoms with Crippen LogP contribution in [0, 0.1) is 19.7 Å². The number of hydrogen-bond acceptors (Lipinski definition) is 4. The van der Waals surface area contributed by atoms with E-state index in [1.807, 2.05) is 0 Å². The number of carbonyl (C=O) groups is 2. The van der Waals surface area contributed by atoms with E-state index in [9.17, 15) is 22.8 Å². The highest BCUT2D eigenvalue weighted by atomic mass is 19.1. The van der Waals surface area contributed by atoms with Crippen molar-refractivity contribution in [2.45, 2.75) is 39.7 Å². The molecule has 35 heavy (non-hydrogen) atoms. The van der Waals surface area contributed by atoms with Crippen molar-refractivity contribution in [1.82, 2.24) is 15.3 Å². The Hall–Kier alpha value is -4.01. The molecule has 182 valence electrons. The fraction of sp³-hybridized carbons (Fsp3) is 0.231. The van der Waals surface area contributed by atoms with Gasteiger partial charge in [-0.2, -0.15) is 0 Å². The number of benzene rings is 1. The van der Waals surface area contributed by atoms with Gasteiger partial charge in [0.25, 0.3) is 5.91 Å². The molecule has 2 aromatic rings. The number of anilines is 1. The van der Waals surface area contributed by atoms with E-state index < -0.39 is 23.4 Å². The molecule has 3 rings (SSSR count). The molecule has 0 atom stereocenters. The lowest BCUT2D eigenvalue weighted by atomic mass is 9.97. The minimum atomic E-state index is -0.905. The van der Waals surface area contributed by atoms with E-state index in [1.165, 1.54) is 26.0 Å². The Morgan fingerprint density at radius 2 is 1.91 bits per heavy atom. The van der Waals surface area contributed by atoms with Gasteiger partial charge in [-0.15, -0.1) is 0 Å². The molecule has 1 aromatic heterocycles. The first-order valence-electron chi connectivity index (χ1n) is 10.9. The third-order valence-corrected chi connectivity index (χ3v) is 5.39. The van der Waals surface area contributed by atoms with E-state index in [2.05, 4.69) is 27.2 Å². The van der Waals surface area contributed by atoms with Crippen LogP contribution in [-0.4, -0.2) is 28.3 Å². The van der Waals surface area contributed by atoms with Crippen molar-refractivity contribution in [3.8, 4) is 11.3 Å². The summed E-state index contributed by atoms with van der Waals surface area (Å²) in [4.78, 5) is 32.5. The van der Waals surface area contributed by atoms with Gasteiger partial charge < -0.3 is 10.6 Å². The van der Waals surface area contributed by atoms with Crippen LogP contribution in [0.15, 0.2) is 54.2 Å². The summed E-state index contributed by atoms with van der Waals surface area (Å²) in [6, 6.07) is 2.71. The fourth-order valence-corrected chi connectivity index (χ4v) is 3.37. The largest absolute Gasteiger partial charge is 0.349 e. The molecule has 0 bridgehead atoms. The highest BCUT2D eigenvalue weighted by Crippen LogP contribution is 2.33. The third-order valence-electron chi connectivity index (χ3n) is 5.39. The average molecular weight is 483 g/mol. The number of carbonyl (C=O) groups excluding carboxylic acids is 2. The van der Waals surface area contributed by atoms with Crippen molar-refractivity contribution in [2.75, 3.05) is 5.32 Å². The molecule has 2 amide bonds. The lowest BCUT2D eigenvalue weighted by Gasteiger charge is -2.15. The Balaban J connectivity index is 2.24. The van der Waals surface area contributed by atoms with E-state index in [0.717, 1.165) is 37.1 Å². The maximum Gasteiger partial charge on any atom is 0.251 e. The lowest BCUT2D eigenvalue weighted by Crippen LogP contribution is -2.25. The summed E-state index contributed by atoms with van der Waals surface area (Å²) < 4.78 is 43.5. The van der Waals surface area contributed by atoms with Gasteiger partial charge >= 0.3 is 0 Å². The fourth-order valence-electron chi connectivity index (χ4n) is 3.37. The van der Waals surface area contributed by atoms with Gasteiger partial charge in [0.15, 0.2) is 0 Å². The number of amides is 2. The van der Waals surface area contributed by atoms with Gasteiger partial charge in [0.1, 0.15) is 29.1 Å². The van der Waals surface area contributed by atoms with Crippen LogP contribution in [0.1, 0.15) is 47.1 Å². The van der Waals surface area contributed by atoms with Crippen LogP contribution in [0.2, 0.25) is 0 Å². The van der Waals surface area contributed by atoms with Crippen LogP contribution in [0.4, 0.5) is 19.0 Å². The van der Waals surface area contributed by atoms with Crippen molar-refractivity contribution in [1.29, 1.82) is 0 Å². The van der Waals surface area contributed by atoms with Gasteiger partial charge in [-0.25, -0.2) is 23.1 Å². The molecule has 0 radical (unpaired) electrons. The summed E-state index contributed by atoms with van der Waals surface area (Å²) in [5.74, 6) is -2.49. The average Bonchev–Trinajstić information content (AvgIpc) is 3.65. The molecule has 0 aliphatic heterocycles. The smallest absolute Gasteiger partial charge is 0.251 e. The molecule has 1 fully saturated rings. The van der Waals surface area contributed by atoms with Crippen molar-refractivity contribution >= 4 is 24.2 Å². The zero-order chi connectivity index (χ0) is 25.7. The second-order valence-electron chi connectivity index (χ2n) is 7.96. The van der Waals surface area contributed by atoms with E-state index in [1.54, 1.807) is 6.92 Å². The summed E-state index contributed by atoms with van der Waals surface area (Å²) in [5.41, 5.74) is 0.533. The topological polar surface area (TPSA) is 84.0 Å². The quantitative estimate of drug-likeness (QED) is 0.357. The van der Waals surface area contributed by atoms with Gasteiger partial charge in [-0.1, -0.05) is 12.7 Å². The van der Waals surface area contributed by atoms with Crippen LogP contribution in [-0.2, 0) is 4.79 Å². The van der Waals surface area contributed by atoms with E-state index in [4.69, 9.17) is 0 Å². The number of allylic oxidation sites excluding steroid dienone is 6. The Kier molecular flexibility index (Phi) is 8.01. The Morgan fingerprint density at radius 3 is 2.51 bits per heavy atom. The summed E-state index contributed by atoms with van der Waals surface area (Å²) >= 11 is 0. The molecule has 1 aliphatic carbocycles. The number of halogens is 3. The number of aryl methyl sites for hydroxylation is 1. The number of nitrogens with zero attached hydrogens (tertiary/aromatic N) is 2. The highest BCUT2D eigenvalue weighted by molar-refractivity contribution is 5.97. The SMILES string of the molecule is C=C/C(F)=C(/C=C\c1c(NC=O)nc(C)nc1-c1cc(C(=O)NC2CC2)cc(F)c1C)C(\F)=C/C. The van der Waals surface area contributed by atoms with Crippen molar-refractivity contribution in [3.63, 3.8) is 0 Å². The van der Waals surface area contributed by atoms with Gasteiger partial charge in [-0.05, 0) is 69.5 Å². The van der Waals surface area contributed by atoms with E-state index in [0.29, 0.717) is 6.41 Å². The van der Waals surface area contributed by atoms with Crippen LogP contribution in [0.5, 0.6) is 0 Å². The zero-order valence-electron chi connectivity index (χ0n) is 19.6. The maximum absolute atomic E-state index is 14.9. The molecule has 0 unspecified atom stereocenters. The lowest BCUT2D eigenvalue weighted by molar-refractivity contribution is -0.105. The molecule has 1 heterocycles. The second kappa shape index (κ2) is 10.9. The Labute approximate surface area is 201 Å². The first-order valence-corrected chi connectivity index (χ1v) is 10.9. The minimum Gasteiger partial charge on any atom is -0.349 e. The predicted molar refractivity (Wildman–Crippen MR) is 129 cm³/mol. The first-order chi connectivity index (χ1) is 16.7. The van der Waals surface area contributed by atoms with Gasteiger partial charge in [0, 0.05) is 28.3 Å². The number of aromatic nitrogens is 2. The molecule has 1 aliphatic rings. The van der Waals surface area contributed by atoms with Crippen molar-refractivity contribution in [3.05, 3.63) is 82.5 Å². The molecule has 1 aromatic carbocycles. The van der Waals surface area contributed by atoms with Crippen LogP contribution < -0.4 is 10.6 Å². The summed E-state index contributed by atoms with van der Waals surface area (Å²) in [7, 11) is 0. The number of nitrogens with one attached hydrogen (secondary N) is 2. The first kappa shape index (κ1) is 25.6. The molecular weight excluding hydrogens is 457 g/mol. The van der Waals surface area contributed by atoms with Crippen LogP contribution >= 0.6 is 0 Å². The highest BCUT2D eigenvalue weighted by Gasteiger charge is 2.25. The van der Waals surface area contributed by atoms with Crippen LogP contribution in [0.3, 0.4) is 0 Å². The Morgan fingerprint density at radius 1 is 1.20 bits per heavy atom. The molecule has 2 N–H and O–H groups in total. The monoisotopic (exact) mass is 482 g/mol. The minimum absolute atomic E-state index is 0.0469. The molecule has 0 spiro atoms. The Bertz CT molecular complexity index is 1280. The summed E-state index contributed by atoms with van der Waals surface area (Å²) in [5, 5.41) is 5.26. The number of hydrogen-bond donors (Lipinski definition) is 2. The van der Waals surface area contributed by atoms with Crippen LogP contribution in [0.25, 0.3) is 17.3 Å². The molecule has 0 saturated heterocycles. The maximum atomic E-state index is 14.9. The van der Waals surface area contributed by atoms with Crippen molar-refractivity contribution < 1.29 is 22.8 Å². The summed E-state index contributed by atoms with van der Waals surface area (Å²) in [6.07, 6.45) is 6.54. The second-order valence-corrected chi connectivity index (χ2v) is 7.96. The molecule has 1 saturated carbocycles. The standard InChI is InChI=1S/C26H25F3N4O2/c1-5-21(27)18(22(28)6-2)9-10-19-24(31-15(4)32-25(19)30-13-34)20-11-16(12-23(29)14(20)3)26(35)33-17-7-8-17/h5-6,9-13,17H,1,7-8H2,2-4H3,(H,33,35)(H,30,31,32,34)/b10-9-,21-18+,22-6+. The van der Waals surface area contributed by atoms with Crippen molar-refractivity contribution in [2.24, 2.45) is 0 Å². The molecule has 9 heteroatoms. The zero-order valence-corrected chi connectivity index (χ0v) is 19.6. The van der Waals surface area contributed by atoms with E-state index in [-0.39, 0.29) is 51.2 Å².